The molecule has 0 spiro atoms. The van der Waals surface area contributed by atoms with E-state index in [-0.39, 0.29) is 40.3 Å². The minimum absolute atomic E-state index is 0.0924. The van der Waals surface area contributed by atoms with Crippen molar-refractivity contribution in [3.05, 3.63) is 103 Å². The van der Waals surface area contributed by atoms with E-state index in [0.29, 0.717) is 16.5 Å². The highest BCUT2D eigenvalue weighted by Gasteiger charge is 2.28. The highest BCUT2D eigenvalue weighted by molar-refractivity contribution is 6.40. The molecule has 41 heavy (non-hydrogen) atoms. The smallest absolute Gasteiger partial charge is 0.315 e. The molecule has 0 aliphatic heterocycles. The molecule has 0 bridgehead atoms. The van der Waals surface area contributed by atoms with E-state index in [9.17, 15) is 24.3 Å². The maximum atomic E-state index is 13.0. The lowest BCUT2D eigenvalue weighted by molar-refractivity contribution is -0.141. The molecule has 2 atom stereocenters. The zero-order chi connectivity index (χ0) is 29.7. The maximum Gasteiger partial charge on any atom is 0.315 e. The minimum Gasteiger partial charge on any atom is -0.481 e. The van der Waals surface area contributed by atoms with Crippen LogP contribution in [-0.2, 0) is 17.8 Å². The van der Waals surface area contributed by atoms with E-state index in [2.05, 4.69) is 16.0 Å². The molecule has 0 saturated heterocycles. The van der Waals surface area contributed by atoms with Crippen molar-refractivity contribution in [1.82, 2.24) is 16.0 Å². The topological polar surface area (TPSA) is 125 Å². The molecule has 3 aromatic carbocycles. The summed E-state index contributed by atoms with van der Waals surface area (Å²) in [4.78, 5) is 50.1. The Labute approximate surface area is 256 Å². The molecule has 12 heteroatoms. The molecular formula is C29H25Cl4N3O5. The number of carbonyl (C=O) groups excluding carboxylic acids is 3. The Kier molecular flexibility index (Phi) is 10.1. The van der Waals surface area contributed by atoms with Gasteiger partial charge >= 0.3 is 12.0 Å². The minimum atomic E-state index is -1.27. The molecule has 0 aromatic heterocycles. The number of amides is 3. The number of hydrogen-bond acceptors (Lipinski definition) is 4. The van der Waals surface area contributed by atoms with Gasteiger partial charge in [-0.05, 0) is 65.9 Å². The van der Waals surface area contributed by atoms with Crippen LogP contribution in [0.3, 0.4) is 0 Å². The molecule has 8 nitrogen and oxygen atoms in total. The van der Waals surface area contributed by atoms with Gasteiger partial charge in [0.15, 0.2) is 5.78 Å². The molecule has 0 radical (unpaired) electrons. The van der Waals surface area contributed by atoms with E-state index in [1.165, 1.54) is 12.1 Å². The Morgan fingerprint density at radius 1 is 0.902 bits per heavy atom. The van der Waals surface area contributed by atoms with Gasteiger partial charge < -0.3 is 21.1 Å². The average molecular weight is 637 g/mol. The number of rotatable bonds is 10. The van der Waals surface area contributed by atoms with Crippen LogP contribution < -0.4 is 16.0 Å². The van der Waals surface area contributed by atoms with Crippen molar-refractivity contribution in [1.29, 1.82) is 0 Å². The second kappa shape index (κ2) is 13.6. The van der Waals surface area contributed by atoms with E-state index in [0.717, 1.165) is 23.1 Å². The summed E-state index contributed by atoms with van der Waals surface area (Å²) >= 11 is 24.6. The summed E-state index contributed by atoms with van der Waals surface area (Å²) in [5, 5.41) is 18.8. The Morgan fingerprint density at radius 2 is 1.61 bits per heavy atom. The number of carboxylic acids is 1. The Bertz CT molecular complexity index is 1490. The van der Waals surface area contributed by atoms with Crippen LogP contribution in [0, 0.1) is 5.92 Å². The van der Waals surface area contributed by atoms with Gasteiger partial charge in [0, 0.05) is 35.1 Å². The van der Waals surface area contributed by atoms with Gasteiger partial charge in [-0.1, -0.05) is 64.6 Å². The van der Waals surface area contributed by atoms with E-state index in [4.69, 9.17) is 46.4 Å². The number of hydrogen-bond donors (Lipinski definition) is 4. The predicted molar refractivity (Wildman–Crippen MR) is 158 cm³/mol. The van der Waals surface area contributed by atoms with E-state index >= 15 is 0 Å². The zero-order valence-corrected chi connectivity index (χ0v) is 24.5. The molecule has 214 valence electrons. The fraction of sp³-hybridized carbons (Fsp3) is 0.241. The van der Waals surface area contributed by atoms with Crippen molar-refractivity contribution in [2.24, 2.45) is 5.92 Å². The van der Waals surface area contributed by atoms with Crippen molar-refractivity contribution in [2.75, 3.05) is 6.54 Å². The SMILES string of the molecule is O=C(NCC(CC(=O)c1c(Cl)cc(C(=O)NCc2cccc(Cl)c2)cc1Cl)C(=O)O)NC1CCc2cc(Cl)ccc21. The largest absolute Gasteiger partial charge is 0.481 e. The quantitative estimate of drug-likeness (QED) is 0.189. The summed E-state index contributed by atoms with van der Waals surface area (Å²) < 4.78 is 0. The summed E-state index contributed by atoms with van der Waals surface area (Å²) in [6.45, 7) is -0.0931. The highest BCUT2D eigenvalue weighted by Crippen LogP contribution is 2.33. The second-order valence-corrected chi connectivity index (χ2v) is 11.3. The van der Waals surface area contributed by atoms with E-state index in [1.807, 2.05) is 12.1 Å². The fourth-order valence-electron chi connectivity index (χ4n) is 4.64. The molecule has 1 aliphatic carbocycles. The first-order chi connectivity index (χ1) is 19.5. The average Bonchev–Trinajstić information content (AvgIpc) is 3.30. The summed E-state index contributed by atoms with van der Waals surface area (Å²) in [5.41, 5.74) is 2.82. The van der Waals surface area contributed by atoms with Crippen molar-refractivity contribution in [2.45, 2.75) is 31.8 Å². The molecule has 4 rings (SSSR count). The van der Waals surface area contributed by atoms with Gasteiger partial charge in [-0.2, -0.15) is 0 Å². The number of halogens is 4. The monoisotopic (exact) mass is 635 g/mol. The molecule has 3 aromatic rings. The number of Topliss-reactive ketones (excluding diaryl/α,β-unsaturated/α-hetero) is 1. The van der Waals surface area contributed by atoms with Crippen LogP contribution in [0.1, 0.15) is 56.3 Å². The number of benzene rings is 3. The lowest BCUT2D eigenvalue weighted by Gasteiger charge is -2.17. The zero-order valence-electron chi connectivity index (χ0n) is 21.5. The first-order valence-electron chi connectivity index (χ1n) is 12.6. The van der Waals surface area contributed by atoms with E-state index in [1.54, 1.807) is 30.3 Å². The summed E-state index contributed by atoms with van der Waals surface area (Å²) in [6.07, 6.45) is 0.979. The van der Waals surface area contributed by atoms with Crippen molar-refractivity contribution in [3.63, 3.8) is 0 Å². The number of carbonyl (C=O) groups is 4. The number of urea groups is 1. The van der Waals surface area contributed by atoms with Gasteiger partial charge in [-0.3, -0.25) is 14.4 Å². The number of aryl methyl sites for hydroxylation is 1. The molecule has 4 N–H and O–H groups in total. The number of nitrogens with one attached hydrogen (secondary N) is 3. The van der Waals surface area contributed by atoms with Gasteiger partial charge in [0.25, 0.3) is 5.91 Å². The van der Waals surface area contributed by atoms with Crippen molar-refractivity contribution >= 4 is 70.1 Å². The summed E-state index contributed by atoms with van der Waals surface area (Å²) in [7, 11) is 0. The third-order valence-electron chi connectivity index (χ3n) is 6.70. The van der Waals surface area contributed by atoms with E-state index < -0.39 is 36.0 Å². The van der Waals surface area contributed by atoms with Crippen LogP contribution in [0.2, 0.25) is 20.1 Å². The number of fused-ring (bicyclic) bond motifs is 1. The molecule has 3 amide bonds. The molecular weight excluding hydrogens is 612 g/mol. The lowest BCUT2D eigenvalue weighted by Crippen LogP contribution is -2.41. The lowest BCUT2D eigenvalue weighted by atomic mass is 9.97. The molecule has 0 saturated carbocycles. The third-order valence-corrected chi connectivity index (χ3v) is 7.77. The fourth-order valence-corrected chi connectivity index (χ4v) is 5.74. The number of carboxylic acid groups (broad SMARTS) is 1. The van der Waals surface area contributed by atoms with Crippen LogP contribution in [-0.4, -0.2) is 35.3 Å². The summed E-state index contributed by atoms with van der Waals surface area (Å²) in [6, 6.07) is 14.3. The molecule has 2 unspecified atom stereocenters. The first kappa shape index (κ1) is 30.7. The Hall–Kier alpha value is -3.30. The molecule has 0 heterocycles. The van der Waals surface area contributed by atoms with Gasteiger partial charge in [0.05, 0.1) is 27.6 Å². The van der Waals surface area contributed by atoms with Gasteiger partial charge in [-0.15, -0.1) is 0 Å². The normalized spacial score (nSPS) is 14.6. The van der Waals surface area contributed by atoms with Crippen LogP contribution >= 0.6 is 46.4 Å². The maximum absolute atomic E-state index is 13.0. The number of aliphatic carboxylic acids is 1. The summed E-state index contributed by atoms with van der Waals surface area (Å²) in [5.74, 6) is -3.62. The highest BCUT2D eigenvalue weighted by atomic mass is 35.5. The molecule has 0 fully saturated rings. The number of ketones is 1. The predicted octanol–water partition coefficient (Wildman–Crippen LogP) is 6.49. The van der Waals surface area contributed by atoms with Crippen molar-refractivity contribution in [3.8, 4) is 0 Å². The Balaban J connectivity index is 1.35. The van der Waals surface area contributed by atoms with Gasteiger partial charge in [-0.25, -0.2) is 4.79 Å². The third kappa shape index (κ3) is 7.92. The van der Waals surface area contributed by atoms with Crippen LogP contribution in [0.15, 0.2) is 54.6 Å². The first-order valence-corrected chi connectivity index (χ1v) is 14.1. The van der Waals surface area contributed by atoms with Gasteiger partial charge in [0.2, 0.25) is 0 Å². The second-order valence-electron chi connectivity index (χ2n) is 9.58. The van der Waals surface area contributed by atoms with Crippen LogP contribution in [0.25, 0.3) is 0 Å². The standard InChI is InChI=1S/C29H25Cl4N3O5/c30-19-3-1-2-15(8-19)13-34-27(38)17-10-22(32)26(23(33)11-17)25(37)12-18(28(39)40)14-35-29(41)36-24-7-4-16-9-20(31)5-6-21(16)24/h1-3,5-6,8-11,18,24H,4,7,12-14H2,(H,34,38)(H,39,40)(H2,35,36,41). The van der Waals surface area contributed by atoms with Crippen LogP contribution in [0.5, 0.6) is 0 Å². The van der Waals surface area contributed by atoms with Crippen LogP contribution in [0.4, 0.5) is 4.79 Å². The van der Waals surface area contributed by atoms with Crippen molar-refractivity contribution < 1.29 is 24.3 Å². The van der Waals surface area contributed by atoms with Gasteiger partial charge in [0.1, 0.15) is 0 Å². The molecule has 1 aliphatic rings. The Morgan fingerprint density at radius 3 is 2.29 bits per heavy atom.